The standard InChI is InChI=1S/C26H25ClN2O5/c1-3-15-33-22-12-8-19(9-13-22)25(30)29-28-17-18-5-14-23(24(16-18)32-4-2)34-26(31)20-6-10-21(27)11-7-20/h5-14,16-17H,3-4,15H2,1-2H3,(H,29,30)/b28-17+. The van der Waals surface area contributed by atoms with Crippen molar-refractivity contribution in [2.45, 2.75) is 20.3 Å². The highest BCUT2D eigenvalue weighted by Gasteiger charge is 2.13. The van der Waals surface area contributed by atoms with Gasteiger partial charge in [-0.3, -0.25) is 4.79 Å². The number of carbonyl (C=O) groups is 2. The van der Waals surface area contributed by atoms with Crippen molar-refractivity contribution in [1.82, 2.24) is 5.43 Å². The van der Waals surface area contributed by atoms with Crippen molar-refractivity contribution in [3.8, 4) is 17.2 Å². The van der Waals surface area contributed by atoms with E-state index in [0.29, 0.717) is 46.4 Å². The molecule has 0 bridgehead atoms. The lowest BCUT2D eigenvalue weighted by molar-refractivity contribution is 0.0728. The maximum Gasteiger partial charge on any atom is 0.343 e. The molecule has 1 amide bonds. The highest BCUT2D eigenvalue weighted by molar-refractivity contribution is 6.30. The van der Waals surface area contributed by atoms with Gasteiger partial charge in [-0.15, -0.1) is 0 Å². The summed E-state index contributed by atoms with van der Waals surface area (Å²) < 4.78 is 16.6. The second kappa shape index (κ2) is 12.4. The minimum absolute atomic E-state index is 0.272. The molecule has 3 rings (SSSR count). The van der Waals surface area contributed by atoms with Crippen LogP contribution in [-0.2, 0) is 0 Å². The van der Waals surface area contributed by atoms with Crippen molar-refractivity contribution in [3.63, 3.8) is 0 Å². The molecule has 3 aromatic rings. The number of rotatable bonds is 10. The van der Waals surface area contributed by atoms with Gasteiger partial charge in [-0.25, -0.2) is 10.2 Å². The van der Waals surface area contributed by atoms with Crippen LogP contribution in [0.5, 0.6) is 17.2 Å². The molecule has 0 heterocycles. The number of esters is 1. The smallest absolute Gasteiger partial charge is 0.343 e. The lowest BCUT2D eigenvalue weighted by Gasteiger charge is -2.11. The summed E-state index contributed by atoms with van der Waals surface area (Å²) in [5.41, 5.74) is 3.96. The quantitative estimate of drug-likeness (QED) is 0.179. The van der Waals surface area contributed by atoms with E-state index >= 15 is 0 Å². The second-order valence-electron chi connectivity index (χ2n) is 7.11. The Kier molecular flexibility index (Phi) is 9.05. The zero-order chi connectivity index (χ0) is 24.3. The normalized spacial score (nSPS) is 10.7. The topological polar surface area (TPSA) is 86.2 Å². The number of halogens is 1. The molecule has 7 nitrogen and oxygen atoms in total. The molecule has 0 spiro atoms. The number of nitrogens with zero attached hydrogens (tertiary/aromatic N) is 1. The minimum Gasteiger partial charge on any atom is -0.494 e. The first-order chi connectivity index (χ1) is 16.5. The van der Waals surface area contributed by atoms with E-state index in [1.807, 2.05) is 13.8 Å². The van der Waals surface area contributed by atoms with E-state index in [1.165, 1.54) is 6.21 Å². The highest BCUT2D eigenvalue weighted by Crippen LogP contribution is 2.29. The maximum absolute atomic E-state index is 12.4. The van der Waals surface area contributed by atoms with Gasteiger partial charge in [-0.1, -0.05) is 18.5 Å². The van der Waals surface area contributed by atoms with Crippen molar-refractivity contribution in [2.24, 2.45) is 5.10 Å². The van der Waals surface area contributed by atoms with Gasteiger partial charge in [0.2, 0.25) is 0 Å². The molecular weight excluding hydrogens is 456 g/mol. The largest absolute Gasteiger partial charge is 0.494 e. The lowest BCUT2D eigenvalue weighted by Crippen LogP contribution is -2.17. The highest BCUT2D eigenvalue weighted by atomic mass is 35.5. The molecule has 176 valence electrons. The molecule has 0 aliphatic heterocycles. The molecule has 34 heavy (non-hydrogen) atoms. The van der Waals surface area contributed by atoms with Crippen LogP contribution in [0.3, 0.4) is 0 Å². The summed E-state index contributed by atoms with van der Waals surface area (Å²) in [6.07, 6.45) is 2.39. The van der Waals surface area contributed by atoms with Crippen LogP contribution in [0.25, 0.3) is 0 Å². The molecule has 0 aliphatic rings. The van der Waals surface area contributed by atoms with Gasteiger partial charge in [0.05, 0.1) is 25.0 Å². The van der Waals surface area contributed by atoms with Gasteiger partial charge in [-0.05, 0) is 85.6 Å². The van der Waals surface area contributed by atoms with E-state index in [0.717, 1.165) is 6.42 Å². The zero-order valence-corrected chi connectivity index (χ0v) is 19.7. The van der Waals surface area contributed by atoms with Crippen molar-refractivity contribution in [1.29, 1.82) is 0 Å². The van der Waals surface area contributed by atoms with E-state index < -0.39 is 5.97 Å². The maximum atomic E-state index is 12.4. The molecule has 3 aromatic carbocycles. The SMILES string of the molecule is CCCOc1ccc(C(=O)N/N=C/c2ccc(OC(=O)c3ccc(Cl)cc3)c(OCC)c2)cc1. The van der Waals surface area contributed by atoms with Crippen molar-refractivity contribution < 1.29 is 23.8 Å². The van der Waals surface area contributed by atoms with Crippen LogP contribution in [0.4, 0.5) is 0 Å². The monoisotopic (exact) mass is 480 g/mol. The number of benzene rings is 3. The molecule has 1 N–H and O–H groups in total. The number of nitrogens with one attached hydrogen (secondary N) is 1. The number of carbonyl (C=O) groups excluding carboxylic acids is 2. The number of ether oxygens (including phenoxy) is 3. The number of hydrogen-bond acceptors (Lipinski definition) is 6. The summed E-state index contributed by atoms with van der Waals surface area (Å²) in [4.78, 5) is 24.7. The summed E-state index contributed by atoms with van der Waals surface area (Å²) in [5.74, 6) is 0.479. The number of amides is 1. The summed E-state index contributed by atoms with van der Waals surface area (Å²) in [5, 5.41) is 4.53. The molecule has 0 saturated heterocycles. The molecule has 0 aliphatic carbocycles. The lowest BCUT2D eigenvalue weighted by atomic mass is 10.2. The third kappa shape index (κ3) is 7.08. The summed E-state index contributed by atoms with van der Waals surface area (Å²) in [6, 6.07) is 18.2. The van der Waals surface area contributed by atoms with Crippen molar-refractivity contribution in [3.05, 3.63) is 88.4 Å². The number of hydrogen-bond donors (Lipinski definition) is 1. The van der Waals surface area contributed by atoms with Crippen LogP contribution in [-0.4, -0.2) is 31.3 Å². The Morgan fingerprint density at radius 2 is 1.62 bits per heavy atom. The Labute approximate surface area is 203 Å². The molecule has 0 unspecified atom stereocenters. The molecule has 0 atom stereocenters. The van der Waals surface area contributed by atoms with Crippen LogP contribution >= 0.6 is 11.6 Å². The molecule has 0 fully saturated rings. The molecule has 8 heteroatoms. The van der Waals surface area contributed by atoms with Crippen molar-refractivity contribution in [2.75, 3.05) is 13.2 Å². The molecule has 0 saturated carbocycles. The van der Waals surface area contributed by atoms with E-state index in [1.54, 1.807) is 66.7 Å². The average molecular weight is 481 g/mol. The zero-order valence-electron chi connectivity index (χ0n) is 18.9. The number of hydrazone groups is 1. The van der Waals surface area contributed by atoms with E-state index in [4.69, 9.17) is 25.8 Å². The summed E-state index contributed by atoms with van der Waals surface area (Å²) in [7, 11) is 0. The first-order valence-corrected chi connectivity index (χ1v) is 11.2. The fourth-order valence-corrected chi connectivity index (χ4v) is 2.98. The van der Waals surface area contributed by atoms with E-state index in [2.05, 4.69) is 10.5 Å². The molecule has 0 radical (unpaired) electrons. The van der Waals surface area contributed by atoms with E-state index in [9.17, 15) is 9.59 Å². The Balaban J connectivity index is 1.64. The second-order valence-corrected chi connectivity index (χ2v) is 7.54. The van der Waals surface area contributed by atoms with Gasteiger partial charge >= 0.3 is 5.97 Å². The Morgan fingerprint density at radius 1 is 0.912 bits per heavy atom. The first kappa shape index (κ1) is 24.8. The Hall–Kier alpha value is -3.84. The predicted octanol–water partition coefficient (Wildman–Crippen LogP) is 5.51. The minimum atomic E-state index is -0.530. The van der Waals surface area contributed by atoms with Gasteiger partial charge < -0.3 is 14.2 Å². The van der Waals surface area contributed by atoms with Crippen LogP contribution < -0.4 is 19.6 Å². The van der Waals surface area contributed by atoms with Gasteiger partial charge in [0.25, 0.3) is 5.91 Å². The molecular formula is C26H25ClN2O5. The fraction of sp³-hybridized carbons (Fsp3) is 0.192. The Bertz CT molecular complexity index is 1140. The van der Waals surface area contributed by atoms with Gasteiger partial charge in [0.1, 0.15) is 5.75 Å². The van der Waals surface area contributed by atoms with E-state index in [-0.39, 0.29) is 11.7 Å². The Morgan fingerprint density at radius 3 is 2.29 bits per heavy atom. The van der Waals surface area contributed by atoms with Crippen LogP contribution in [0, 0.1) is 0 Å². The van der Waals surface area contributed by atoms with Crippen LogP contribution in [0.2, 0.25) is 5.02 Å². The fourth-order valence-electron chi connectivity index (χ4n) is 2.85. The third-order valence-corrected chi connectivity index (χ3v) is 4.77. The summed E-state index contributed by atoms with van der Waals surface area (Å²) >= 11 is 5.86. The molecule has 0 aromatic heterocycles. The predicted molar refractivity (Wildman–Crippen MR) is 131 cm³/mol. The van der Waals surface area contributed by atoms with Crippen molar-refractivity contribution >= 4 is 29.7 Å². The first-order valence-electron chi connectivity index (χ1n) is 10.8. The van der Waals surface area contributed by atoms with Crippen LogP contribution in [0.1, 0.15) is 46.5 Å². The van der Waals surface area contributed by atoms with Gasteiger partial charge in [-0.2, -0.15) is 5.10 Å². The van der Waals surface area contributed by atoms with Gasteiger partial charge in [0, 0.05) is 10.6 Å². The van der Waals surface area contributed by atoms with Gasteiger partial charge in [0.15, 0.2) is 11.5 Å². The van der Waals surface area contributed by atoms with Crippen LogP contribution in [0.15, 0.2) is 71.8 Å². The average Bonchev–Trinajstić information content (AvgIpc) is 2.85. The summed E-state index contributed by atoms with van der Waals surface area (Å²) in [6.45, 7) is 4.85. The third-order valence-electron chi connectivity index (χ3n) is 4.52.